The summed E-state index contributed by atoms with van der Waals surface area (Å²) in [6, 6.07) is 2.03. The van der Waals surface area contributed by atoms with Crippen LogP contribution in [0.2, 0.25) is 0 Å². The van der Waals surface area contributed by atoms with Crippen LogP contribution in [0.15, 0.2) is 18.5 Å². The molecule has 4 nitrogen and oxygen atoms in total. The number of nitrogens with one attached hydrogen (secondary N) is 2. The summed E-state index contributed by atoms with van der Waals surface area (Å²) >= 11 is 0. The molecule has 1 fully saturated rings. The fraction of sp³-hybridized carbons (Fsp3) is 0.667. The summed E-state index contributed by atoms with van der Waals surface area (Å²) in [6.45, 7) is 5.81. The van der Waals surface area contributed by atoms with Crippen molar-refractivity contribution in [1.29, 1.82) is 0 Å². The molecule has 3 N–H and O–H groups in total. The van der Waals surface area contributed by atoms with Crippen molar-refractivity contribution in [3.8, 4) is 0 Å². The minimum atomic E-state index is -0.555. The standard InChI is InChI=1S/C15H25N3O/c1-3-17-13-8-14(10-16-9-13)18-11-15(19)6-4-12(2)5-7-15/h8-10,12,17-19H,3-7,11H2,1-2H3. The molecule has 0 spiro atoms. The van der Waals surface area contributed by atoms with Gasteiger partial charge < -0.3 is 15.7 Å². The van der Waals surface area contributed by atoms with Gasteiger partial charge in [-0.05, 0) is 44.6 Å². The van der Waals surface area contributed by atoms with E-state index in [9.17, 15) is 5.11 Å². The number of rotatable bonds is 5. The topological polar surface area (TPSA) is 57.2 Å². The monoisotopic (exact) mass is 263 g/mol. The number of pyridine rings is 1. The zero-order chi connectivity index (χ0) is 13.7. The van der Waals surface area contributed by atoms with Gasteiger partial charge in [-0.1, -0.05) is 6.92 Å². The number of nitrogens with zero attached hydrogens (tertiary/aromatic N) is 1. The van der Waals surface area contributed by atoms with Crippen LogP contribution in [0.25, 0.3) is 0 Å². The summed E-state index contributed by atoms with van der Waals surface area (Å²) in [6.07, 6.45) is 7.63. The average molecular weight is 263 g/mol. The number of aromatic nitrogens is 1. The zero-order valence-electron chi connectivity index (χ0n) is 11.9. The van der Waals surface area contributed by atoms with Crippen LogP contribution in [0.5, 0.6) is 0 Å². The summed E-state index contributed by atoms with van der Waals surface area (Å²) in [4.78, 5) is 4.20. The lowest BCUT2D eigenvalue weighted by Crippen LogP contribution is -2.40. The zero-order valence-corrected chi connectivity index (χ0v) is 11.9. The number of hydrogen-bond acceptors (Lipinski definition) is 4. The van der Waals surface area contributed by atoms with E-state index in [1.54, 1.807) is 6.20 Å². The average Bonchev–Trinajstić information content (AvgIpc) is 2.41. The van der Waals surface area contributed by atoms with Gasteiger partial charge in [-0.25, -0.2) is 0 Å². The van der Waals surface area contributed by atoms with Crippen LogP contribution in [-0.4, -0.2) is 28.8 Å². The molecule has 0 saturated heterocycles. The number of aliphatic hydroxyl groups is 1. The highest BCUT2D eigenvalue weighted by molar-refractivity contribution is 5.54. The van der Waals surface area contributed by atoms with E-state index >= 15 is 0 Å². The van der Waals surface area contributed by atoms with Gasteiger partial charge in [-0.2, -0.15) is 0 Å². The second-order valence-corrected chi connectivity index (χ2v) is 5.75. The van der Waals surface area contributed by atoms with Crippen LogP contribution in [0, 0.1) is 5.92 Å². The maximum absolute atomic E-state index is 10.5. The van der Waals surface area contributed by atoms with E-state index in [4.69, 9.17) is 0 Å². The summed E-state index contributed by atoms with van der Waals surface area (Å²) in [5.41, 5.74) is 1.42. The van der Waals surface area contributed by atoms with Crippen LogP contribution in [0.3, 0.4) is 0 Å². The quantitative estimate of drug-likeness (QED) is 0.764. The molecule has 0 aromatic carbocycles. The van der Waals surface area contributed by atoms with Crippen molar-refractivity contribution in [3.63, 3.8) is 0 Å². The predicted molar refractivity (Wildman–Crippen MR) is 79.5 cm³/mol. The second kappa shape index (κ2) is 6.24. The molecule has 106 valence electrons. The molecule has 0 bridgehead atoms. The molecule has 1 aromatic rings. The van der Waals surface area contributed by atoms with E-state index < -0.39 is 5.60 Å². The highest BCUT2D eigenvalue weighted by Crippen LogP contribution is 2.32. The van der Waals surface area contributed by atoms with Crippen LogP contribution >= 0.6 is 0 Å². The van der Waals surface area contributed by atoms with E-state index in [1.807, 2.05) is 12.3 Å². The fourth-order valence-corrected chi connectivity index (χ4v) is 2.58. The van der Waals surface area contributed by atoms with Crippen LogP contribution in [-0.2, 0) is 0 Å². The van der Waals surface area contributed by atoms with Gasteiger partial charge in [0, 0.05) is 13.1 Å². The molecule has 0 atom stereocenters. The van der Waals surface area contributed by atoms with Crippen molar-refractivity contribution in [2.75, 3.05) is 23.7 Å². The van der Waals surface area contributed by atoms with E-state index in [1.165, 1.54) is 0 Å². The van der Waals surface area contributed by atoms with Gasteiger partial charge in [-0.3, -0.25) is 4.98 Å². The second-order valence-electron chi connectivity index (χ2n) is 5.75. The molecule has 0 radical (unpaired) electrons. The van der Waals surface area contributed by atoms with Crippen molar-refractivity contribution >= 4 is 11.4 Å². The first kappa shape index (κ1) is 14.1. The summed E-state index contributed by atoms with van der Waals surface area (Å²) in [5, 5.41) is 17.1. The minimum Gasteiger partial charge on any atom is -0.388 e. The van der Waals surface area contributed by atoms with Gasteiger partial charge in [0.2, 0.25) is 0 Å². The first-order chi connectivity index (χ1) is 9.11. The van der Waals surface area contributed by atoms with Crippen LogP contribution in [0.4, 0.5) is 11.4 Å². The smallest absolute Gasteiger partial charge is 0.0819 e. The van der Waals surface area contributed by atoms with E-state index in [0.29, 0.717) is 6.54 Å². The van der Waals surface area contributed by atoms with Crippen LogP contribution < -0.4 is 10.6 Å². The van der Waals surface area contributed by atoms with Gasteiger partial charge in [-0.15, -0.1) is 0 Å². The number of anilines is 2. The fourth-order valence-electron chi connectivity index (χ4n) is 2.58. The summed E-state index contributed by atoms with van der Waals surface area (Å²) in [5.74, 6) is 0.749. The van der Waals surface area contributed by atoms with Crippen molar-refractivity contribution in [1.82, 2.24) is 4.98 Å². The SMILES string of the molecule is CCNc1cncc(NCC2(O)CCC(C)CC2)c1. The third-order valence-corrected chi connectivity index (χ3v) is 3.95. The third kappa shape index (κ3) is 4.10. The largest absolute Gasteiger partial charge is 0.388 e. The molecule has 1 aliphatic rings. The normalized spacial score (nSPS) is 27.0. The Morgan fingerprint density at radius 2 is 1.89 bits per heavy atom. The molecule has 19 heavy (non-hydrogen) atoms. The molecule has 0 aliphatic heterocycles. The first-order valence-electron chi connectivity index (χ1n) is 7.26. The lowest BCUT2D eigenvalue weighted by Gasteiger charge is -2.35. The molecule has 1 heterocycles. The predicted octanol–water partition coefficient (Wildman–Crippen LogP) is 2.87. The molecule has 2 rings (SSSR count). The van der Waals surface area contributed by atoms with Crippen LogP contribution in [0.1, 0.15) is 39.5 Å². The van der Waals surface area contributed by atoms with Crippen molar-refractivity contribution in [3.05, 3.63) is 18.5 Å². The van der Waals surface area contributed by atoms with Crippen molar-refractivity contribution in [2.45, 2.75) is 45.1 Å². The summed E-state index contributed by atoms with van der Waals surface area (Å²) < 4.78 is 0. The molecule has 0 amide bonds. The lowest BCUT2D eigenvalue weighted by molar-refractivity contribution is 0.00501. The highest BCUT2D eigenvalue weighted by Gasteiger charge is 2.31. The van der Waals surface area contributed by atoms with E-state index in [-0.39, 0.29) is 0 Å². The molecule has 4 heteroatoms. The lowest BCUT2D eigenvalue weighted by atomic mass is 9.79. The Balaban J connectivity index is 1.89. The van der Waals surface area contributed by atoms with Crippen molar-refractivity contribution < 1.29 is 5.11 Å². The molecule has 1 saturated carbocycles. The maximum atomic E-state index is 10.5. The molecular formula is C15H25N3O. The molecular weight excluding hydrogens is 238 g/mol. The van der Waals surface area contributed by atoms with Gasteiger partial charge in [0.15, 0.2) is 0 Å². The number of hydrogen-bond donors (Lipinski definition) is 3. The Bertz CT molecular complexity index is 400. The molecule has 1 aromatic heterocycles. The van der Waals surface area contributed by atoms with Gasteiger partial charge in [0.1, 0.15) is 0 Å². The Kier molecular flexibility index (Phi) is 4.64. The highest BCUT2D eigenvalue weighted by atomic mass is 16.3. The molecule has 0 unspecified atom stereocenters. The first-order valence-corrected chi connectivity index (χ1v) is 7.26. The Hall–Kier alpha value is -1.29. The Labute approximate surface area is 115 Å². The van der Waals surface area contributed by atoms with E-state index in [2.05, 4.69) is 29.5 Å². The molecule has 1 aliphatic carbocycles. The minimum absolute atomic E-state index is 0.555. The van der Waals surface area contributed by atoms with Gasteiger partial charge >= 0.3 is 0 Å². The maximum Gasteiger partial charge on any atom is 0.0819 e. The van der Waals surface area contributed by atoms with E-state index in [0.717, 1.165) is 49.5 Å². The Morgan fingerprint density at radius 1 is 1.26 bits per heavy atom. The van der Waals surface area contributed by atoms with Gasteiger partial charge in [0.05, 0.1) is 29.4 Å². The Morgan fingerprint density at radius 3 is 2.53 bits per heavy atom. The third-order valence-electron chi connectivity index (χ3n) is 3.95. The van der Waals surface area contributed by atoms with Gasteiger partial charge in [0.25, 0.3) is 0 Å². The van der Waals surface area contributed by atoms with Crippen molar-refractivity contribution in [2.24, 2.45) is 5.92 Å². The summed E-state index contributed by atoms with van der Waals surface area (Å²) in [7, 11) is 0.